The normalized spacial score (nSPS) is 22.6. The summed E-state index contributed by atoms with van der Waals surface area (Å²) in [6.07, 6.45) is 2.23. The van der Waals surface area contributed by atoms with Crippen LogP contribution in [0, 0.1) is 0 Å². The predicted molar refractivity (Wildman–Crippen MR) is 73.4 cm³/mol. The molecule has 0 saturated carbocycles. The molecule has 0 bridgehead atoms. The van der Waals surface area contributed by atoms with Gasteiger partial charge in [0.15, 0.2) is 0 Å². The highest BCUT2D eigenvalue weighted by Crippen LogP contribution is 2.29. The van der Waals surface area contributed by atoms with Crippen LogP contribution >= 0.6 is 0 Å². The molecule has 1 aliphatic rings. The molecule has 1 saturated heterocycles. The Morgan fingerprint density at radius 3 is 2.75 bits per heavy atom. The molecule has 5 nitrogen and oxygen atoms in total. The number of benzene rings is 1. The Labute approximate surface area is 117 Å². The van der Waals surface area contributed by atoms with Gasteiger partial charge in [0.1, 0.15) is 11.3 Å². The van der Waals surface area contributed by atoms with E-state index in [1.165, 1.54) is 17.0 Å². The number of hydrogen-bond donors (Lipinski definition) is 2. The number of piperidine rings is 1. The minimum atomic E-state index is -1.12. The van der Waals surface area contributed by atoms with Gasteiger partial charge in [-0.3, -0.25) is 4.79 Å². The molecular weight excluding hydrogens is 258 g/mol. The number of aromatic hydroxyl groups is 1. The molecule has 2 rings (SSSR count). The van der Waals surface area contributed by atoms with Crippen LogP contribution in [0.4, 0.5) is 0 Å². The largest absolute Gasteiger partial charge is 0.508 e. The third-order valence-corrected chi connectivity index (χ3v) is 3.92. The number of carboxylic acids is 1. The van der Waals surface area contributed by atoms with Gasteiger partial charge in [-0.15, -0.1) is 0 Å². The van der Waals surface area contributed by atoms with Gasteiger partial charge in [0.25, 0.3) is 0 Å². The lowest BCUT2D eigenvalue weighted by atomic mass is 9.88. The van der Waals surface area contributed by atoms with Crippen molar-refractivity contribution in [3.63, 3.8) is 0 Å². The van der Waals surface area contributed by atoms with Crippen LogP contribution in [0.1, 0.15) is 31.7 Å². The molecule has 1 aromatic rings. The van der Waals surface area contributed by atoms with Crippen LogP contribution in [0.15, 0.2) is 24.3 Å². The summed E-state index contributed by atoms with van der Waals surface area (Å²) in [6, 6.07) is 6.49. The summed E-state index contributed by atoms with van der Waals surface area (Å²) in [5.74, 6) is -1.06. The van der Waals surface area contributed by atoms with Crippen LogP contribution in [-0.2, 0) is 16.0 Å². The van der Waals surface area contributed by atoms with Crippen molar-refractivity contribution < 1.29 is 19.8 Å². The summed E-state index contributed by atoms with van der Waals surface area (Å²) >= 11 is 0. The highest BCUT2D eigenvalue weighted by molar-refractivity contribution is 5.88. The topological polar surface area (TPSA) is 77.8 Å². The van der Waals surface area contributed by atoms with Crippen LogP contribution in [0.5, 0.6) is 5.75 Å². The molecule has 1 aromatic carbocycles. The van der Waals surface area contributed by atoms with E-state index < -0.39 is 11.5 Å². The second-order valence-electron chi connectivity index (χ2n) is 5.43. The molecule has 1 amide bonds. The van der Waals surface area contributed by atoms with Crippen LogP contribution in [0.25, 0.3) is 0 Å². The number of rotatable bonds is 3. The van der Waals surface area contributed by atoms with Crippen LogP contribution < -0.4 is 0 Å². The molecule has 2 N–H and O–H groups in total. The van der Waals surface area contributed by atoms with E-state index in [2.05, 4.69) is 0 Å². The van der Waals surface area contributed by atoms with Crippen LogP contribution in [-0.4, -0.2) is 39.1 Å². The third kappa shape index (κ3) is 2.76. The van der Waals surface area contributed by atoms with E-state index in [4.69, 9.17) is 0 Å². The molecule has 1 aliphatic heterocycles. The number of aliphatic carboxylic acids is 1. The Morgan fingerprint density at radius 1 is 1.35 bits per heavy atom. The fraction of sp³-hybridized carbons (Fsp3) is 0.467. The molecule has 5 heteroatoms. The highest BCUT2D eigenvalue weighted by atomic mass is 16.4. The first kappa shape index (κ1) is 14.4. The number of carboxylic acid groups (broad SMARTS) is 1. The van der Waals surface area contributed by atoms with E-state index in [1.807, 2.05) is 0 Å². The minimum Gasteiger partial charge on any atom is -0.508 e. The minimum absolute atomic E-state index is 0.106. The Bertz CT molecular complexity index is 528. The molecule has 0 radical (unpaired) electrons. The first-order valence-corrected chi connectivity index (χ1v) is 6.75. The lowest BCUT2D eigenvalue weighted by molar-refractivity contribution is -0.160. The summed E-state index contributed by atoms with van der Waals surface area (Å²) in [4.78, 5) is 25.3. The number of amides is 1. The number of carbonyl (C=O) groups is 2. The summed E-state index contributed by atoms with van der Waals surface area (Å²) in [6.45, 7) is 2.08. The quantitative estimate of drug-likeness (QED) is 0.883. The van der Waals surface area contributed by atoms with Crippen LogP contribution in [0.2, 0.25) is 0 Å². The van der Waals surface area contributed by atoms with Gasteiger partial charge in [-0.2, -0.15) is 0 Å². The second-order valence-corrected chi connectivity index (χ2v) is 5.43. The van der Waals surface area contributed by atoms with Gasteiger partial charge < -0.3 is 15.1 Å². The van der Waals surface area contributed by atoms with Gasteiger partial charge >= 0.3 is 5.97 Å². The van der Waals surface area contributed by atoms with E-state index in [1.54, 1.807) is 19.1 Å². The zero-order valence-corrected chi connectivity index (χ0v) is 11.5. The van der Waals surface area contributed by atoms with Gasteiger partial charge in [-0.1, -0.05) is 12.1 Å². The molecule has 0 spiro atoms. The monoisotopic (exact) mass is 277 g/mol. The Kier molecular flexibility index (Phi) is 3.97. The molecule has 1 unspecified atom stereocenters. The van der Waals surface area contributed by atoms with Crippen molar-refractivity contribution in [1.82, 2.24) is 4.90 Å². The maximum Gasteiger partial charge on any atom is 0.329 e. The summed E-state index contributed by atoms with van der Waals surface area (Å²) in [7, 11) is 0. The van der Waals surface area contributed by atoms with E-state index in [-0.39, 0.29) is 18.1 Å². The number of hydrogen-bond acceptors (Lipinski definition) is 3. The van der Waals surface area contributed by atoms with Crippen molar-refractivity contribution in [1.29, 1.82) is 0 Å². The van der Waals surface area contributed by atoms with E-state index in [9.17, 15) is 19.8 Å². The Morgan fingerprint density at radius 2 is 2.10 bits per heavy atom. The lowest BCUT2D eigenvalue weighted by Gasteiger charge is -2.41. The summed E-state index contributed by atoms with van der Waals surface area (Å²) in [5, 5.41) is 18.8. The maximum absolute atomic E-state index is 12.4. The molecule has 1 heterocycles. The third-order valence-electron chi connectivity index (χ3n) is 3.92. The van der Waals surface area contributed by atoms with Gasteiger partial charge in [0.2, 0.25) is 5.91 Å². The van der Waals surface area contributed by atoms with Crippen molar-refractivity contribution >= 4 is 11.9 Å². The first-order valence-electron chi connectivity index (χ1n) is 6.75. The average Bonchev–Trinajstić information content (AvgIpc) is 2.39. The lowest BCUT2D eigenvalue weighted by Crippen LogP contribution is -2.57. The van der Waals surface area contributed by atoms with Gasteiger partial charge in [0, 0.05) is 6.54 Å². The van der Waals surface area contributed by atoms with E-state index in [0.717, 1.165) is 12.8 Å². The number of phenolic OH excluding ortho intramolecular Hbond substituents is 1. The zero-order valence-electron chi connectivity index (χ0n) is 11.5. The summed E-state index contributed by atoms with van der Waals surface area (Å²) in [5.41, 5.74) is -0.431. The fourth-order valence-electron chi connectivity index (χ4n) is 2.68. The van der Waals surface area contributed by atoms with Crippen LogP contribution in [0.3, 0.4) is 0 Å². The average molecular weight is 277 g/mol. The number of likely N-dealkylation sites (tertiary alicyclic amines) is 1. The zero-order chi connectivity index (χ0) is 14.8. The molecule has 0 aromatic heterocycles. The molecule has 0 aliphatic carbocycles. The smallest absolute Gasteiger partial charge is 0.329 e. The van der Waals surface area contributed by atoms with Gasteiger partial charge in [0.05, 0.1) is 6.42 Å². The van der Waals surface area contributed by atoms with Gasteiger partial charge in [-0.25, -0.2) is 4.79 Å². The maximum atomic E-state index is 12.4. The Hall–Kier alpha value is -2.04. The number of carbonyl (C=O) groups excluding carboxylic acids is 1. The van der Waals surface area contributed by atoms with Crippen molar-refractivity contribution in [2.24, 2.45) is 0 Å². The molecule has 1 fully saturated rings. The fourth-order valence-corrected chi connectivity index (χ4v) is 2.68. The molecular formula is C15H19NO4. The Balaban J connectivity index is 2.16. The summed E-state index contributed by atoms with van der Waals surface area (Å²) < 4.78 is 0. The first-order chi connectivity index (χ1) is 9.43. The van der Waals surface area contributed by atoms with Crippen molar-refractivity contribution in [2.75, 3.05) is 6.54 Å². The SMILES string of the molecule is CC1(C(=O)O)CCCCN1C(=O)Cc1cccc(O)c1. The number of nitrogens with zero attached hydrogens (tertiary/aromatic N) is 1. The molecule has 108 valence electrons. The standard InChI is InChI=1S/C15H19NO4/c1-15(14(19)20)7-2-3-8-16(15)13(18)10-11-5-4-6-12(17)9-11/h4-6,9,17H,2-3,7-8,10H2,1H3,(H,19,20). The van der Waals surface area contributed by atoms with E-state index >= 15 is 0 Å². The van der Waals surface area contributed by atoms with E-state index in [0.29, 0.717) is 18.5 Å². The van der Waals surface area contributed by atoms with Crippen molar-refractivity contribution in [3.8, 4) is 5.75 Å². The number of phenols is 1. The predicted octanol–water partition coefficient (Wildman–Crippen LogP) is 1.79. The molecule has 20 heavy (non-hydrogen) atoms. The second kappa shape index (κ2) is 5.53. The van der Waals surface area contributed by atoms with Gasteiger partial charge in [-0.05, 0) is 43.9 Å². The molecule has 1 atom stereocenters. The van der Waals surface area contributed by atoms with Crippen molar-refractivity contribution in [2.45, 2.75) is 38.1 Å². The van der Waals surface area contributed by atoms with Crippen molar-refractivity contribution in [3.05, 3.63) is 29.8 Å². The highest BCUT2D eigenvalue weighted by Gasteiger charge is 2.43.